The third-order valence-corrected chi connectivity index (χ3v) is 2.93. The molecule has 4 nitrogen and oxygen atoms in total. The Kier molecular flexibility index (Phi) is 2.30. The van der Waals surface area contributed by atoms with Gasteiger partial charge in [-0.25, -0.2) is 0 Å². The Morgan fingerprint density at radius 3 is 3.00 bits per heavy atom. The van der Waals surface area contributed by atoms with Crippen molar-refractivity contribution in [2.75, 3.05) is 5.73 Å². The van der Waals surface area contributed by atoms with Crippen LogP contribution in [0.25, 0.3) is 10.9 Å². The van der Waals surface area contributed by atoms with Gasteiger partial charge in [0.1, 0.15) is 12.0 Å². The predicted octanol–water partition coefficient (Wildman–Crippen LogP) is 2.91. The zero-order chi connectivity index (χ0) is 11.8. The lowest BCUT2D eigenvalue weighted by Crippen LogP contribution is -1.97. The molecule has 2 aromatic heterocycles. The summed E-state index contributed by atoms with van der Waals surface area (Å²) in [6, 6.07) is 7.50. The number of nitrogens with zero attached hydrogens (tertiary/aromatic N) is 2. The smallest absolute Gasteiger partial charge is 0.124 e. The van der Waals surface area contributed by atoms with Crippen molar-refractivity contribution in [1.82, 2.24) is 9.72 Å². The van der Waals surface area contributed by atoms with Crippen molar-refractivity contribution in [2.45, 2.75) is 6.54 Å². The summed E-state index contributed by atoms with van der Waals surface area (Å²) in [6.07, 6.45) is 3.44. The summed E-state index contributed by atoms with van der Waals surface area (Å²) in [4.78, 5) is 0. The van der Waals surface area contributed by atoms with Crippen LogP contribution in [0.4, 0.5) is 5.69 Å². The van der Waals surface area contributed by atoms with Crippen LogP contribution < -0.4 is 5.73 Å². The topological polar surface area (TPSA) is 57.0 Å². The summed E-state index contributed by atoms with van der Waals surface area (Å²) in [6.45, 7) is 0.631. The lowest BCUT2D eigenvalue weighted by molar-refractivity contribution is 0.410. The molecule has 2 N–H and O–H groups in total. The van der Waals surface area contributed by atoms with E-state index >= 15 is 0 Å². The molecule has 0 amide bonds. The second-order valence-corrected chi connectivity index (χ2v) is 4.30. The van der Waals surface area contributed by atoms with E-state index in [4.69, 9.17) is 21.9 Å². The Balaban J connectivity index is 2.11. The molecule has 0 aliphatic carbocycles. The van der Waals surface area contributed by atoms with Crippen LogP contribution in [0, 0.1) is 0 Å². The fourth-order valence-corrected chi connectivity index (χ4v) is 2.09. The maximum atomic E-state index is 5.95. The van der Waals surface area contributed by atoms with E-state index in [-0.39, 0.29) is 0 Å². The van der Waals surface area contributed by atoms with Crippen LogP contribution in [0.3, 0.4) is 0 Å². The Bertz CT molecular complexity index is 658. The van der Waals surface area contributed by atoms with Crippen LogP contribution in [-0.2, 0) is 6.54 Å². The molecule has 0 saturated heterocycles. The van der Waals surface area contributed by atoms with Crippen LogP contribution in [-0.4, -0.2) is 9.72 Å². The molecule has 0 fully saturated rings. The Hall–Kier alpha value is -1.94. The van der Waals surface area contributed by atoms with Gasteiger partial charge in [0, 0.05) is 22.7 Å². The zero-order valence-corrected chi connectivity index (χ0v) is 9.69. The zero-order valence-electron chi connectivity index (χ0n) is 8.93. The lowest BCUT2D eigenvalue weighted by atomic mass is 10.2. The number of nitrogens with two attached hydrogens (primary N) is 1. The van der Waals surface area contributed by atoms with Crippen molar-refractivity contribution in [3.05, 3.63) is 47.4 Å². The highest BCUT2D eigenvalue weighted by molar-refractivity contribution is 6.31. The number of nitrogen functional groups attached to an aromatic ring is 1. The highest BCUT2D eigenvalue weighted by atomic mass is 35.5. The summed E-state index contributed by atoms with van der Waals surface area (Å²) in [5, 5.41) is 5.53. The molecule has 0 saturated carbocycles. The predicted molar refractivity (Wildman–Crippen MR) is 67.0 cm³/mol. The van der Waals surface area contributed by atoms with Gasteiger partial charge in [-0.05, 0) is 18.2 Å². The van der Waals surface area contributed by atoms with Crippen molar-refractivity contribution >= 4 is 28.2 Å². The molecule has 3 aromatic rings. The molecule has 5 heteroatoms. The summed E-state index contributed by atoms with van der Waals surface area (Å²) in [7, 11) is 0. The van der Waals surface area contributed by atoms with Gasteiger partial charge < -0.3 is 14.8 Å². The fraction of sp³-hybridized carbons (Fsp3) is 0.0833. The molecule has 1 aromatic carbocycles. The van der Waals surface area contributed by atoms with Crippen LogP contribution in [0.2, 0.25) is 5.02 Å². The molecule has 0 aliphatic heterocycles. The van der Waals surface area contributed by atoms with Gasteiger partial charge in [0.05, 0.1) is 17.7 Å². The molecule has 17 heavy (non-hydrogen) atoms. The van der Waals surface area contributed by atoms with Crippen molar-refractivity contribution in [3.63, 3.8) is 0 Å². The van der Waals surface area contributed by atoms with Gasteiger partial charge in [0.2, 0.25) is 0 Å². The second-order valence-electron chi connectivity index (χ2n) is 3.86. The van der Waals surface area contributed by atoms with Crippen LogP contribution in [0.15, 0.2) is 41.2 Å². The number of halogens is 1. The number of hydrogen-bond acceptors (Lipinski definition) is 3. The minimum atomic E-state index is 0.631. The van der Waals surface area contributed by atoms with Gasteiger partial charge in [-0.15, -0.1) is 0 Å². The van der Waals surface area contributed by atoms with Crippen LogP contribution >= 0.6 is 11.6 Å². The maximum absolute atomic E-state index is 5.95. The van der Waals surface area contributed by atoms with E-state index in [9.17, 15) is 0 Å². The van der Waals surface area contributed by atoms with Gasteiger partial charge in [-0.3, -0.25) is 0 Å². The Labute approximate surface area is 103 Å². The minimum absolute atomic E-state index is 0.631. The number of hydrogen-bond donors (Lipinski definition) is 1. The first-order valence-electron chi connectivity index (χ1n) is 5.17. The average Bonchev–Trinajstić information content (AvgIpc) is 2.89. The molecule has 0 unspecified atom stereocenters. The molecule has 3 rings (SSSR count). The van der Waals surface area contributed by atoms with E-state index in [0.29, 0.717) is 17.3 Å². The molecule has 0 spiro atoms. The summed E-state index contributed by atoms with van der Waals surface area (Å²) in [5.41, 5.74) is 8.56. The first kappa shape index (κ1) is 10.2. The third kappa shape index (κ3) is 1.76. The molecule has 0 radical (unpaired) electrons. The number of aromatic nitrogens is 2. The monoisotopic (exact) mass is 247 g/mol. The van der Waals surface area contributed by atoms with Gasteiger partial charge in [0.25, 0.3) is 0 Å². The standard InChI is InChI=1S/C12H10ClN3O/c13-8-1-2-12-10(5-8)11(14)7-16(12)6-9-3-4-17-15-9/h1-5,7H,6,14H2. The maximum Gasteiger partial charge on any atom is 0.124 e. The largest absolute Gasteiger partial charge is 0.397 e. The second kappa shape index (κ2) is 3.82. The third-order valence-electron chi connectivity index (χ3n) is 2.70. The normalized spacial score (nSPS) is 11.1. The molecular formula is C12H10ClN3O. The molecule has 0 aliphatic rings. The van der Waals surface area contributed by atoms with Gasteiger partial charge in [-0.1, -0.05) is 16.8 Å². The molecule has 86 valence electrons. The summed E-state index contributed by atoms with van der Waals surface area (Å²) in [5.74, 6) is 0. The highest BCUT2D eigenvalue weighted by Crippen LogP contribution is 2.27. The Morgan fingerprint density at radius 1 is 1.35 bits per heavy atom. The lowest BCUT2D eigenvalue weighted by Gasteiger charge is -2.01. The Morgan fingerprint density at radius 2 is 2.24 bits per heavy atom. The molecular weight excluding hydrogens is 238 g/mol. The van der Waals surface area contributed by atoms with E-state index in [0.717, 1.165) is 16.6 Å². The van der Waals surface area contributed by atoms with Gasteiger partial charge in [-0.2, -0.15) is 0 Å². The van der Waals surface area contributed by atoms with E-state index in [2.05, 4.69) is 5.16 Å². The summed E-state index contributed by atoms with van der Waals surface area (Å²) < 4.78 is 6.84. The number of rotatable bonds is 2. The first-order valence-corrected chi connectivity index (χ1v) is 5.55. The summed E-state index contributed by atoms with van der Waals surface area (Å²) >= 11 is 5.95. The molecule has 0 bridgehead atoms. The van der Waals surface area contributed by atoms with Crippen molar-refractivity contribution < 1.29 is 4.52 Å². The fourth-order valence-electron chi connectivity index (χ4n) is 1.92. The quantitative estimate of drug-likeness (QED) is 0.758. The van der Waals surface area contributed by atoms with Crippen LogP contribution in [0.5, 0.6) is 0 Å². The highest BCUT2D eigenvalue weighted by Gasteiger charge is 2.08. The number of benzene rings is 1. The van der Waals surface area contributed by atoms with E-state index < -0.39 is 0 Å². The number of anilines is 1. The molecule has 0 atom stereocenters. The van der Waals surface area contributed by atoms with Crippen molar-refractivity contribution in [1.29, 1.82) is 0 Å². The van der Waals surface area contributed by atoms with Crippen molar-refractivity contribution in [3.8, 4) is 0 Å². The van der Waals surface area contributed by atoms with E-state index in [1.807, 2.05) is 35.0 Å². The van der Waals surface area contributed by atoms with Gasteiger partial charge in [0.15, 0.2) is 0 Å². The average molecular weight is 248 g/mol. The van der Waals surface area contributed by atoms with Crippen LogP contribution in [0.1, 0.15) is 5.69 Å². The minimum Gasteiger partial charge on any atom is -0.397 e. The number of fused-ring (bicyclic) bond motifs is 1. The van der Waals surface area contributed by atoms with E-state index in [1.165, 1.54) is 0 Å². The SMILES string of the molecule is Nc1cn(Cc2ccon2)c2ccc(Cl)cc12. The first-order chi connectivity index (χ1) is 8.24. The van der Waals surface area contributed by atoms with E-state index in [1.54, 1.807) is 6.26 Å². The molecule has 2 heterocycles. The van der Waals surface area contributed by atoms with Gasteiger partial charge >= 0.3 is 0 Å². The van der Waals surface area contributed by atoms with Crippen molar-refractivity contribution in [2.24, 2.45) is 0 Å².